The molecule has 0 saturated carbocycles. The molecule has 0 atom stereocenters. The first-order chi connectivity index (χ1) is 12.8. The number of hydrogen-bond acceptors (Lipinski definition) is 9. The van der Waals surface area contributed by atoms with Gasteiger partial charge in [-0.15, -0.1) is 0 Å². The molecule has 0 unspecified atom stereocenters. The molecule has 9 heteroatoms. The van der Waals surface area contributed by atoms with Gasteiger partial charge in [-0.05, 0) is 18.6 Å². The maximum Gasteiger partial charge on any atom is 0.328 e. The largest absolute Gasteiger partial charge is 0.481 e. The number of thioether (sulfide) groups is 1. The van der Waals surface area contributed by atoms with E-state index in [2.05, 4.69) is 25.5 Å². The number of ether oxygens (including phenoxy) is 3. The Kier molecular flexibility index (Phi) is 6.26. The van der Waals surface area contributed by atoms with E-state index in [1.165, 1.54) is 14.2 Å². The van der Waals surface area contributed by atoms with Gasteiger partial charge in [-0.2, -0.15) is 15.1 Å². The molecule has 136 valence electrons. The molecule has 0 aliphatic carbocycles. The van der Waals surface area contributed by atoms with Crippen LogP contribution in [-0.4, -0.2) is 47.9 Å². The third kappa shape index (κ3) is 4.85. The van der Waals surface area contributed by atoms with Gasteiger partial charge in [0, 0.05) is 17.9 Å². The molecule has 26 heavy (non-hydrogen) atoms. The van der Waals surface area contributed by atoms with E-state index in [-0.39, 0.29) is 6.01 Å². The van der Waals surface area contributed by atoms with Crippen molar-refractivity contribution in [2.75, 3.05) is 26.5 Å². The van der Waals surface area contributed by atoms with Crippen LogP contribution in [0.1, 0.15) is 12.0 Å². The Balaban J connectivity index is 1.75. The van der Waals surface area contributed by atoms with E-state index < -0.39 is 0 Å². The molecule has 3 rings (SSSR count). The number of amidine groups is 1. The third-order valence-corrected chi connectivity index (χ3v) is 4.34. The van der Waals surface area contributed by atoms with Crippen molar-refractivity contribution in [2.24, 2.45) is 10.1 Å². The number of rotatable bonds is 6. The Labute approximate surface area is 155 Å². The monoisotopic (exact) mass is 373 g/mol. The Morgan fingerprint density at radius 3 is 2.62 bits per heavy atom. The molecule has 0 fully saturated rings. The van der Waals surface area contributed by atoms with Gasteiger partial charge in [0.25, 0.3) is 0 Å². The zero-order valence-electron chi connectivity index (χ0n) is 14.5. The fraction of sp³-hybridized carbons (Fsp3) is 0.294. The first kappa shape index (κ1) is 18.0. The van der Waals surface area contributed by atoms with Crippen LogP contribution < -0.4 is 19.6 Å². The molecule has 1 aromatic heterocycles. The summed E-state index contributed by atoms with van der Waals surface area (Å²) in [4.78, 5) is 12.7. The number of aliphatic imine (C=N–C) groups is 1. The molecule has 2 aromatic rings. The lowest BCUT2D eigenvalue weighted by Gasteiger charge is -2.10. The van der Waals surface area contributed by atoms with Crippen LogP contribution in [0.15, 0.2) is 40.4 Å². The zero-order chi connectivity index (χ0) is 18.2. The number of para-hydroxylation sites is 1. The molecule has 0 spiro atoms. The Bertz CT molecular complexity index is 790. The highest BCUT2D eigenvalue weighted by Gasteiger charge is 2.10. The smallest absolute Gasteiger partial charge is 0.328 e. The van der Waals surface area contributed by atoms with Crippen molar-refractivity contribution in [1.82, 2.24) is 15.4 Å². The Hall–Kier alpha value is -2.81. The number of benzene rings is 1. The zero-order valence-corrected chi connectivity index (χ0v) is 15.3. The van der Waals surface area contributed by atoms with Crippen molar-refractivity contribution in [1.29, 1.82) is 0 Å². The summed E-state index contributed by atoms with van der Waals surface area (Å²) >= 11 is 1.66. The number of hydrazone groups is 1. The van der Waals surface area contributed by atoms with E-state index in [0.717, 1.165) is 29.4 Å². The standard InChI is InChI=1S/C17H19N5O3S/c1-23-14-10-15(24-2)21-16(20-14)25-13-7-4-3-6-12(13)11-19-22-17-18-8-5-9-26-17/h3-4,6-7,10-11H,5,8-9H2,1-2H3,(H,18,22). The number of nitrogens with zero attached hydrogens (tertiary/aromatic N) is 4. The van der Waals surface area contributed by atoms with Gasteiger partial charge >= 0.3 is 6.01 Å². The van der Waals surface area contributed by atoms with Crippen LogP contribution in [0.2, 0.25) is 0 Å². The normalized spacial score (nSPS) is 14.0. The summed E-state index contributed by atoms with van der Waals surface area (Å²) in [6.45, 7) is 0.833. The van der Waals surface area contributed by atoms with Crippen LogP contribution in [0.4, 0.5) is 0 Å². The Morgan fingerprint density at radius 2 is 1.92 bits per heavy atom. The molecule has 0 radical (unpaired) electrons. The molecule has 0 saturated heterocycles. The summed E-state index contributed by atoms with van der Waals surface area (Å²) in [6, 6.07) is 9.15. The maximum absolute atomic E-state index is 5.80. The van der Waals surface area contributed by atoms with Gasteiger partial charge in [-0.1, -0.05) is 23.9 Å². The van der Waals surface area contributed by atoms with E-state index in [1.54, 1.807) is 24.0 Å². The molecule has 1 aliphatic rings. The van der Waals surface area contributed by atoms with Gasteiger partial charge in [0.2, 0.25) is 11.8 Å². The fourth-order valence-electron chi connectivity index (χ4n) is 2.10. The molecular formula is C17H19N5O3S. The van der Waals surface area contributed by atoms with Crippen molar-refractivity contribution in [2.45, 2.75) is 6.42 Å². The van der Waals surface area contributed by atoms with E-state index in [4.69, 9.17) is 14.2 Å². The lowest BCUT2D eigenvalue weighted by atomic mass is 10.2. The van der Waals surface area contributed by atoms with E-state index in [9.17, 15) is 0 Å². The third-order valence-electron chi connectivity index (χ3n) is 3.36. The van der Waals surface area contributed by atoms with Crippen molar-refractivity contribution in [3.05, 3.63) is 35.9 Å². The number of methoxy groups -OCH3 is 2. The maximum atomic E-state index is 5.80. The summed E-state index contributed by atoms with van der Waals surface area (Å²) in [7, 11) is 3.04. The van der Waals surface area contributed by atoms with Crippen LogP contribution in [0.25, 0.3) is 0 Å². The molecule has 8 nitrogen and oxygen atoms in total. The molecule has 1 N–H and O–H groups in total. The van der Waals surface area contributed by atoms with Crippen LogP contribution in [0.3, 0.4) is 0 Å². The highest BCUT2D eigenvalue weighted by atomic mass is 32.2. The quantitative estimate of drug-likeness (QED) is 0.615. The van der Waals surface area contributed by atoms with Gasteiger partial charge in [0.05, 0.1) is 26.5 Å². The minimum absolute atomic E-state index is 0.127. The average Bonchev–Trinajstić information content (AvgIpc) is 2.69. The first-order valence-electron chi connectivity index (χ1n) is 7.99. The van der Waals surface area contributed by atoms with E-state index in [1.807, 2.05) is 24.3 Å². The number of nitrogens with one attached hydrogen (secondary N) is 1. The predicted octanol–water partition coefficient (Wildman–Crippen LogP) is 2.70. The highest BCUT2D eigenvalue weighted by Crippen LogP contribution is 2.25. The first-order valence-corrected chi connectivity index (χ1v) is 8.97. The van der Waals surface area contributed by atoms with Crippen molar-refractivity contribution in [3.63, 3.8) is 0 Å². The highest BCUT2D eigenvalue weighted by molar-refractivity contribution is 8.13. The van der Waals surface area contributed by atoms with Crippen molar-refractivity contribution in [3.8, 4) is 23.5 Å². The molecular weight excluding hydrogens is 354 g/mol. The minimum atomic E-state index is 0.127. The summed E-state index contributed by atoms with van der Waals surface area (Å²) < 4.78 is 16.1. The van der Waals surface area contributed by atoms with Crippen molar-refractivity contribution < 1.29 is 14.2 Å². The molecule has 0 bridgehead atoms. The van der Waals surface area contributed by atoms with Crippen molar-refractivity contribution >= 4 is 23.1 Å². The lowest BCUT2D eigenvalue weighted by molar-refractivity contribution is 0.348. The van der Waals surface area contributed by atoms with Crippen LogP contribution in [0, 0.1) is 0 Å². The lowest BCUT2D eigenvalue weighted by Crippen LogP contribution is -2.18. The van der Waals surface area contributed by atoms with Crippen LogP contribution >= 0.6 is 11.8 Å². The van der Waals surface area contributed by atoms with Crippen LogP contribution in [-0.2, 0) is 0 Å². The Morgan fingerprint density at radius 1 is 1.15 bits per heavy atom. The topological polar surface area (TPSA) is 90.2 Å². The fourth-order valence-corrected chi connectivity index (χ4v) is 2.87. The van der Waals surface area contributed by atoms with Gasteiger partial charge in [-0.3, -0.25) is 10.4 Å². The summed E-state index contributed by atoms with van der Waals surface area (Å²) in [5.74, 6) is 2.32. The molecule has 1 aliphatic heterocycles. The van der Waals surface area contributed by atoms with Gasteiger partial charge < -0.3 is 14.2 Å². The van der Waals surface area contributed by atoms with Gasteiger partial charge in [0.1, 0.15) is 5.75 Å². The second-order valence-electron chi connectivity index (χ2n) is 5.13. The van der Waals surface area contributed by atoms with Gasteiger partial charge in [-0.25, -0.2) is 0 Å². The molecule has 1 aromatic carbocycles. The number of aromatic nitrogens is 2. The minimum Gasteiger partial charge on any atom is -0.481 e. The van der Waals surface area contributed by atoms with Gasteiger partial charge in [0.15, 0.2) is 5.17 Å². The summed E-state index contributed by atoms with van der Waals surface area (Å²) in [5.41, 5.74) is 3.72. The summed E-state index contributed by atoms with van der Waals surface area (Å²) in [5, 5.41) is 5.06. The SMILES string of the molecule is COc1cc(OC)nc(Oc2ccccc2C=NNC2=NCCCS2)n1. The van der Waals surface area contributed by atoms with E-state index >= 15 is 0 Å². The average molecular weight is 373 g/mol. The molecule has 0 amide bonds. The predicted molar refractivity (Wildman–Crippen MR) is 102 cm³/mol. The second kappa shape index (κ2) is 9.04. The summed E-state index contributed by atoms with van der Waals surface area (Å²) in [6.07, 6.45) is 2.77. The number of hydrogen-bond donors (Lipinski definition) is 1. The molecule has 2 heterocycles. The van der Waals surface area contributed by atoms with Crippen LogP contribution in [0.5, 0.6) is 23.5 Å². The second-order valence-corrected chi connectivity index (χ2v) is 6.22. The van der Waals surface area contributed by atoms with E-state index in [0.29, 0.717) is 17.5 Å².